The number of aromatic nitrogens is 2. The van der Waals surface area contributed by atoms with E-state index in [9.17, 15) is 0 Å². The number of rotatable bonds is 2. The lowest BCUT2D eigenvalue weighted by molar-refractivity contribution is 0.436. The van der Waals surface area contributed by atoms with Crippen molar-refractivity contribution in [1.29, 1.82) is 0 Å². The first-order chi connectivity index (χ1) is 15.2. The Hall–Kier alpha value is -2.68. The van der Waals surface area contributed by atoms with Gasteiger partial charge in [0, 0.05) is 39.6 Å². The van der Waals surface area contributed by atoms with Crippen LogP contribution in [0.25, 0.3) is 33.3 Å². The van der Waals surface area contributed by atoms with Crippen LogP contribution < -0.4 is 0 Å². The molecule has 5 rings (SSSR count). The predicted octanol–water partition coefficient (Wildman–Crippen LogP) is 6.40. The van der Waals surface area contributed by atoms with Crippen molar-refractivity contribution < 1.29 is 12.6 Å². The van der Waals surface area contributed by atoms with Gasteiger partial charge < -0.3 is 4.42 Å². The molecule has 130 valence electrons. The zero-order valence-corrected chi connectivity index (χ0v) is 14.3. The molecule has 3 nitrogen and oxygen atoms in total. The minimum atomic E-state index is -2.50. The quantitative estimate of drug-likeness (QED) is 0.421. The molecule has 4 aromatic rings. The van der Waals surface area contributed by atoms with E-state index in [2.05, 4.69) is 4.98 Å². The van der Waals surface area contributed by atoms with Crippen molar-refractivity contribution in [2.75, 3.05) is 0 Å². The first-order valence-electron chi connectivity index (χ1n) is 12.0. The molecule has 0 atom stereocenters. The number of para-hydroxylation sites is 1. The Kier molecular flexibility index (Phi) is 2.51. The number of benzene rings is 1. The van der Waals surface area contributed by atoms with Gasteiger partial charge in [0.2, 0.25) is 5.71 Å². The largest absolute Gasteiger partial charge is 0.437 e. The molecule has 0 aliphatic heterocycles. The lowest BCUT2D eigenvalue weighted by atomic mass is 9.86. The van der Waals surface area contributed by atoms with Crippen LogP contribution >= 0.6 is 0 Å². The van der Waals surface area contributed by atoms with E-state index in [1.807, 2.05) is 24.3 Å². The number of nitrogens with zero attached hydrogens (tertiary/aromatic N) is 2. The van der Waals surface area contributed by atoms with Gasteiger partial charge in [0.25, 0.3) is 0 Å². The lowest BCUT2D eigenvalue weighted by Crippen LogP contribution is -2.06. The first-order valence-corrected chi connectivity index (χ1v) is 8.99. The van der Waals surface area contributed by atoms with Crippen molar-refractivity contribution in [2.45, 2.75) is 44.8 Å². The lowest BCUT2D eigenvalue weighted by Gasteiger charge is -2.20. The third-order valence-electron chi connectivity index (χ3n) is 5.08. The molecule has 0 saturated heterocycles. The molecular formula is C23H22N2O. The van der Waals surface area contributed by atoms with Gasteiger partial charge in [-0.05, 0) is 49.5 Å². The summed E-state index contributed by atoms with van der Waals surface area (Å²) in [4.78, 5) is 8.92. The Labute approximate surface area is 161 Å². The van der Waals surface area contributed by atoms with E-state index in [0.29, 0.717) is 22.6 Å². The van der Waals surface area contributed by atoms with Gasteiger partial charge in [-0.15, -0.1) is 0 Å². The van der Waals surface area contributed by atoms with E-state index in [1.54, 1.807) is 6.07 Å². The van der Waals surface area contributed by atoms with Crippen molar-refractivity contribution >= 4 is 22.1 Å². The fraction of sp³-hybridized carbons (Fsp3) is 0.304. The number of hydrogen-bond acceptors (Lipinski definition) is 3. The fourth-order valence-electron chi connectivity index (χ4n) is 3.75. The highest BCUT2D eigenvalue weighted by Crippen LogP contribution is 2.37. The van der Waals surface area contributed by atoms with Gasteiger partial charge in [0.1, 0.15) is 5.58 Å². The highest BCUT2D eigenvalue weighted by molar-refractivity contribution is 6.08. The number of pyridine rings is 2. The average molecular weight is 348 g/mol. The monoisotopic (exact) mass is 348 g/mol. The van der Waals surface area contributed by atoms with Crippen molar-refractivity contribution in [3.8, 4) is 11.3 Å². The second-order valence-electron chi connectivity index (χ2n) is 6.77. The molecule has 0 unspecified atom stereocenters. The highest BCUT2D eigenvalue weighted by Gasteiger charge is 2.19. The Morgan fingerprint density at radius 2 is 2.04 bits per heavy atom. The van der Waals surface area contributed by atoms with Crippen LogP contribution in [0, 0.1) is 6.85 Å². The highest BCUT2D eigenvalue weighted by atomic mass is 16.3. The third kappa shape index (κ3) is 2.59. The smallest absolute Gasteiger partial charge is 0.227 e. The predicted molar refractivity (Wildman–Crippen MR) is 105 cm³/mol. The summed E-state index contributed by atoms with van der Waals surface area (Å²) < 4.78 is 54.2. The molecule has 0 spiro atoms. The minimum Gasteiger partial charge on any atom is -0.437 e. The third-order valence-corrected chi connectivity index (χ3v) is 5.08. The standard InChI is InChI=1S/C23H22N2O/c1-15-10-12-21(24-14-15)19-9-5-8-17-18-11-13-20(16-6-3-2-4-7-16)25-23(18)26-22(17)19/h5,8-14,16H,2-4,6-7H2,1H3/i1D3,10D,12D,16D. The summed E-state index contributed by atoms with van der Waals surface area (Å²) in [6.45, 7) is -2.50. The molecule has 3 heterocycles. The van der Waals surface area contributed by atoms with Crippen molar-refractivity contribution in [1.82, 2.24) is 9.97 Å². The molecule has 3 aromatic heterocycles. The molecule has 0 radical (unpaired) electrons. The van der Waals surface area contributed by atoms with Gasteiger partial charge in [-0.25, -0.2) is 4.98 Å². The molecule has 0 N–H and O–H groups in total. The number of furan rings is 1. The first kappa shape index (κ1) is 10.5. The Bertz CT molecular complexity index is 1340. The maximum atomic E-state index is 8.86. The summed E-state index contributed by atoms with van der Waals surface area (Å²) in [5.41, 5.74) is 2.08. The molecule has 1 aliphatic rings. The molecule has 1 saturated carbocycles. The Morgan fingerprint density at radius 1 is 1.12 bits per heavy atom. The van der Waals surface area contributed by atoms with Gasteiger partial charge >= 0.3 is 0 Å². The van der Waals surface area contributed by atoms with E-state index in [-0.39, 0.29) is 23.3 Å². The topological polar surface area (TPSA) is 38.9 Å². The maximum Gasteiger partial charge on any atom is 0.227 e. The summed E-state index contributed by atoms with van der Waals surface area (Å²) in [6.07, 6.45) is 5.90. The van der Waals surface area contributed by atoms with Crippen molar-refractivity contribution in [3.05, 3.63) is 59.9 Å². The van der Waals surface area contributed by atoms with Crippen LogP contribution in [-0.2, 0) is 0 Å². The fourth-order valence-corrected chi connectivity index (χ4v) is 3.75. The van der Waals surface area contributed by atoms with Gasteiger partial charge in [-0.2, -0.15) is 0 Å². The number of hydrogen-bond donors (Lipinski definition) is 0. The maximum absolute atomic E-state index is 8.86. The van der Waals surface area contributed by atoms with Gasteiger partial charge in [0.15, 0.2) is 0 Å². The summed E-state index contributed by atoms with van der Waals surface area (Å²) in [5, 5.41) is 1.61. The van der Waals surface area contributed by atoms with Crippen molar-refractivity contribution in [3.63, 3.8) is 0 Å². The van der Waals surface area contributed by atoms with E-state index >= 15 is 0 Å². The van der Waals surface area contributed by atoms with Crippen LogP contribution in [0.4, 0.5) is 0 Å². The van der Waals surface area contributed by atoms with E-state index in [0.717, 1.165) is 49.1 Å². The second-order valence-corrected chi connectivity index (χ2v) is 6.77. The SMILES string of the molecule is [2H]c1c(C([2H])([2H])[2H])cnc(-c2cccc3c2oc2nc(C4([2H])CCCCC4)ccc23)c1[2H]. The zero-order valence-electron chi connectivity index (χ0n) is 20.3. The zero-order chi connectivity index (χ0) is 22.7. The Morgan fingerprint density at radius 3 is 2.92 bits per heavy atom. The van der Waals surface area contributed by atoms with E-state index in [1.165, 1.54) is 0 Å². The molecule has 1 aliphatic carbocycles. The molecule has 3 heteroatoms. The van der Waals surface area contributed by atoms with Crippen LogP contribution in [-0.4, -0.2) is 9.97 Å². The Balaban J connectivity index is 1.67. The molecule has 0 amide bonds. The summed E-state index contributed by atoms with van der Waals surface area (Å²) in [7, 11) is 0. The van der Waals surface area contributed by atoms with Crippen LogP contribution in [0.15, 0.2) is 53.0 Å². The van der Waals surface area contributed by atoms with Crippen LogP contribution in [0.3, 0.4) is 0 Å². The normalized spacial score (nSPS) is 20.8. The van der Waals surface area contributed by atoms with Crippen LogP contribution in [0.1, 0.15) is 57.5 Å². The number of fused-ring (bicyclic) bond motifs is 3. The van der Waals surface area contributed by atoms with Crippen LogP contribution in [0.2, 0.25) is 0 Å². The molecule has 0 bridgehead atoms. The molecule has 26 heavy (non-hydrogen) atoms. The molecule has 1 fully saturated rings. The number of aryl methyl sites for hydroxylation is 1. The van der Waals surface area contributed by atoms with E-state index in [4.69, 9.17) is 17.6 Å². The summed E-state index contributed by atoms with van der Waals surface area (Å²) in [5.74, 6) is -0.699. The van der Waals surface area contributed by atoms with Crippen molar-refractivity contribution in [2.24, 2.45) is 0 Å². The van der Waals surface area contributed by atoms with Gasteiger partial charge in [-0.1, -0.05) is 37.4 Å². The minimum absolute atomic E-state index is 0.192. The molecular weight excluding hydrogens is 320 g/mol. The second kappa shape index (κ2) is 6.24. The van der Waals surface area contributed by atoms with Crippen LogP contribution in [0.5, 0.6) is 0 Å². The molecule has 1 aromatic carbocycles. The van der Waals surface area contributed by atoms with Gasteiger partial charge in [0.05, 0.1) is 8.44 Å². The average Bonchev–Trinajstić information content (AvgIpc) is 3.13. The summed E-state index contributed by atoms with van der Waals surface area (Å²) >= 11 is 0. The van der Waals surface area contributed by atoms with E-state index < -0.39 is 12.7 Å². The summed E-state index contributed by atoms with van der Waals surface area (Å²) in [6, 6.07) is 8.67. The van der Waals surface area contributed by atoms with Gasteiger partial charge in [-0.3, -0.25) is 4.98 Å².